The minimum absolute atomic E-state index is 0.0703. The monoisotopic (exact) mass is 444 g/mol. The highest BCUT2D eigenvalue weighted by molar-refractivity contribution is 7.91. The van der Waals surface area contributed by atoms with E-state index in [9.17, 15) is 36.0 Å². The van der Waals surface area contributed by atoms with E-state index in [1.165, 1.54) is 20.8 Å². The van der Waals surface area contributed by atoms with E-state index in [1.807, 2.05) is 0 Å². The smallest absolute Gasteiger partial charge is 0.418 e. The van der Waals surface area contributed by atoms with Gasteiger partial charge < -0.3 is 4.74 Å². The van der Waals surface area contributed by atoms with Crippen LogP contribution in [-0.2, 0) is 25.5 Å². The molecule has 0 aromatic heterocycles. The third-order valence-corrected chi connectivity index (χ3v) is 7.31. The highest BCUT2D eigenvalue weighted by Crippen LogP contribution is 2.45. The zero-order valence-corrected chi connectivity index (χ0v) is 17.3. The molecule has 1 aromatic carbocycles. The number of Topliss-reactive ketones (excluding diaryl/α,β-unsaturated/α-hetero) is 1. The number of ketones is 2. The summed E-state index contributed by atoms with van der Waals surface area (Å²) in [6.07, 6.45) is -3.31. The molecule has 0 radical (unpaired) electrons. The minimum atomic E-state index is -5.19. The lowest BCUT2D eigenvalue weighted by molar-refractivity contribution is -0.138. The summed E-state index contributed by atoms with van der Waals surface area (Å²) in [6, 6.07) is 0.776. The summed E-state index contributed by atoms with van der Waals surface area (Å²) in [7, 11) is -4.20. The molecule has 0 spiro atoms. The fraction of sp³-hybridized carbons (Fsp3) is 0.450. The van der Waals surface area contributed by atoms with Crippen molar-refractivity contribution in [3.05, 3.63) is 40.2 Å². The van der Waals surface area contributed by atoms with E-state index in [-0.39, 0.29) is 29.9 Å². The van der Waals surface area contributed by atoms with Gasteiger partial charge in [-0.05, 0) is 25.0 Å². The Morgan fingerprint density at radius 1 is 1.17 bits per heavy atom. The first-order chi connectivity index (χ1) is 13.6. The van der Waals surface area contributed by atoms with Gasteiger partial charge in [-0.2, -0.15) is 13.2 Å². The molecule has 1 aliphatic carbocycles. The van der Waals surface area contributed by atoms with E-state index in [0.29, 0.717) is 6.42 Å². The first kappa shape index (κ1) is 22.2. The SMILES string of the molecule is Cc1cc(C(=O)OC2=CC(=O)CCC2)c(C(F)(F)F)c2c1S(=O)(=O)CC(C)(C)C2=O. The van der Waals surface area contributed by atoms with Crippen molar-refractivity contribution >= 4 is 27.4 Å². The Morgan fingerprint density at radius 2 is 1.80 bits per heavy atom. The zero-order valence-electron chi connectivity index (χ0n) is 16.5. The molecule has 3 rings (SSSR count). The van der Waals surface area contributed by atoms with Crippen LogP contribution in [0.5, 0.6) is 0 Å². The number of halogens is 3. The second kappa shape index (κ2) is 7.04. The van der Waals surface area contributed by atoms with Crippen molar-refractivity contribution in [2.75, 3.05) is 5.75 Å². The lowest BCUT2D eigenvalue weighted by Gasteiger charge is -2.32. The summed E-state index contributed by atoms with van der Waals surface area (Å²) in [4.78, 5) is 36.3. The summed E-state index contributed by atoms with van der Waals surface area (Å²) in [6.45, 7) is 3.71. The number of esters is 1. The van der Waals surface area contributed by atoms with Crippen molar-refractivity contribution in [2.24, 2.45) is 5.41 Å². The molecule has 0 saturated carbocycles. The number of ether oxygens (including phenoxy) is 1. The number of carbonyl (C=O) groups is 3. The fourth-order valence-electron chi connectivity index (χ4n) is 3.84. The van der Waals surface area contributed by atoms with E-state index in [4.69, 9.17) is 4.74 Å². The van der Waals surface area contributed by atoms with Gasteiger partial charge in [0.2, 0.25) is 0 Å². The zero-order chi connectivity index (χ0) is 22.6. The largest absolute Gasteiger partial charge is 0.427 e. The second-order valence-electron chi connectivity index (χ2n) is 8.11. The number of allylic oxidation sites excluding steroid dienone is 2. The number of carbonyl (C=O) groups excluding carboxylic acids is 3. The van der Waals surface area contributed by atoms with Gasteiger partial charge in [0.15, 0.2) is 21.4 Å². The number of sulfone groups is 1. The number of hydrogen-bond donors (Lipinski definition) is 0. The van der Waals surface area contributed by atoms with E-state index >= 15 is 0 Å². The van der Waals surface area contributed by atoms with Gasteiger partial charge in [-0.25, -0.2) is 13.2 Å². The first-order valence-corrected chi connectivity index (χ1v) is 10.8. The van der Waals surface area contributed by atoms with Crippen LogP contribution in [0.15, 0.2) is 22.8 Å². The minimum Gasteiger partial charge on any atom is -0.427 e. The molecule has 0 fully saturated rings. The van der Waals surface area contributed by atoms with Gasteiger partial charge in [0, 0.05) is 24.3 Å². The maximum absolute atomic E-state index is 14.0. The second-order valence-corrected chi connectivity index (χ2v) is 10.0. The molecular weight excluding hydrogens is 425 g/mol. The molecule has 0 amide bonds. The van der Waals surface area contributed by atoms with Crippen LogP contribution in [0.1, 0.15) is 65.0 Å². The van der Waals surface area contributed by atoms with Crippen LogP contribution in [0, 0.1) is 12.3 Å². The van der Waals surface area contributed by atoms with Gasteiger partial charge in [0.05, 0.1) is 27.3 Å². The third-order valence-electron chi connectivity index (χ3n) is 5.06. The summed E-state index contributed by atoms with van der Waals surface area (Å²) in [5.74, 6) is -3.43. The molecule has 0 bridgehead atoms. The molecular formula is C20H19F3O6S. The maximum Gasteiger partial charge on any atom is 0.418 e. The Kier molecular flexibility index (Phi) is 5.21. The average molecular weight is 444 g/mol. The van der Waals surface area contributed by atoms with Crippen LogP contribution >= 0.6 is 0 Å². The molecule has 6 nitrogen and oxygen atoms in total. The van der Waals surface area contributed by atoms with Gasteiger partial charge in [-0.1, -0.05) is 13.8 Å². The van der Waals surface area contributed by atoms with Crippen LogP contribution in [-0.4, -0.2) is 31.7 Å². The molecule has 30 heavy (non-hydrogen) atoms. The molecule has 0 unspecified atom stereocenters. The molecule has 1 aliphatic heterocycles. The van der Waals surface area contributed by atoms with Gasteiger partial charge in [-0.15, -0.1) is 0 Å². The highest BCUT2D eigenvalue weighted by Gasteiger charge is 2.50. The lowest BCUT2D eigenvalue weighted by Crippen LogP contribution is -2.41. The van der Waals surface area contributed by atoms with Gasteiger partial charge in [0.1, 0.15) is 5.76 Å². The molecule has 162 valence electrons. The quantitative estimate of drug-likeness (QED) is 0.644. The number of aryl methyl sites for hydroxylation is 1. The van der Waals surface area contributed by atoms with Crippen LogP contribution in [0.4, 0.5) is 13.2 Å². The summed E-state index contributed by atoms with van der Waals surface area (Å²) >= 11 is 0. The summed E-state index contributed by atoms with van der Waals surface area (Å²) in [5, 5.41) is 0. The van der Waals surface area contributed by atoms with Crippen LogP contribution < -0.4 is 0 Å². The van der Waals surface area contributed by atoms with Crippen molar-refractivity contribution < 1.29 is 40.7 Å². The first-order valence-electron chi connectivity index (χ1n) is 9.13. The number of alkyl halides is 3. The van der Waals surface area contributed by atoms with E-state index in [1.54, 1.807) is 0 Å². The molecule has 2 aliphatic rings. The Labute approximate surface area is 171 Å². The van der Waals surface area contributed by atoms with Crippen molar-refractivity contribution in [1.82, 2.24) is 0 Å². The Bertz CT molecular complexity index is 1110. The third kappa shape index (κ3) is 3.80. The molecule has 1 heterocycles. The predicted molar refractivity (Wildman–Crippen MR) is 98.7 cm³/mol. The van der Waals surface area contributed by atoms with Crippen LogP contribution in [0.3, 0.4) is 0 Å². The summed E-state index contributed by atoms with van der Waals surface area (Å²) < 4.78 is 72.4. The van der Waals surface area contributed by atoms with Crippen molar-refractivity contribution in [1.29, 1.82) is 0 Å². The van der Waals surface area contributed by atoms with E-state index in [0.717, 1.165) is 12.1 Å². The number of hydrogen-bond acceptors (Lipinski definition) is 6. The predicted octanol–water partition coefficient (Wildman–Crippen LogP) is 3.80. The maximum atomic E-state index is 14.0. The topological polar surface area (TPSA) is 94.6 Å². The van der Waals surface area contributed by atoms with Gasteiger partial charge >= 0.3 is 12.1 Å². The van der Waals surface area contributed by atoms with E-state index < -0.39 is 60.5 Å². The van der Waals surface area contributed by atoms with Gasteiger partial charge in [-0.3, -0.25) is 9.59 Å². The Balaban J connectivity index is 2.27. The lowest BCUT2D eigenvalue weighted by atomic mass is 9.81. The number of rotatable bonds is 2. The summed E-state index contributed by atoms with van der Waals surface area (Å²) in [5.41, 5.74) is -5.36. The fourth-order valence-corrected chi connectivity index (χ4v) is 6.12. The number of benzene rings is 1. The normalized spacial score (nSPS) is 20.4. The Morgan fingerprint density at radius 3 is 2.37 bits per heavy atom. The van der Waals surface area contributed by atoms with E-state index in [2.05, 4.69) is 0 Å². The molecule has 10 heteroatoms. The average Bonchev–Trinajstić information content (AvgIpc) is 2.56. The van der Waals surface area contributed by atoms with Gasteiger partial charge in [0.25, 0.3) is 0 Å². The van der Waals surface area contributed by atoms with Crippen molar-refractivity contribution in [3.63, 3.8) is 0 Å². The molecule has 0 saturated heterocycles. The molecule has 0 atom stereocenters. The highest BCUT2D eigenvalue weighted by atomic mass is 32.2. The number of fused-ring (bicyclic) bond motifs is 1. The Hall–Kier alpha value is -2.49. The molecule has 1 aromatic rings. The molecule has 0 N–H and O–H groups in total. The van der Waals surface area contributed by atoms with Crippen LogP contribution in [0.25, 0.3) is 0 Å². The standard InChI is InChI=1S/C20H19F3O6S/c1-10-7-13(18(26)29-12-6-4-5-11(24)8-12)15(20(21,22)23)14-16(10)30(27,28)9-19(2,3)17(14)25/h7-8H,4-6,9H2,1-3H3. The van der Waals surface area contributed by atoms with Crippen LogP contribution in [0.2, 0.25) is 0 Å². The van der Waals surface area contributed by atoms with Crippen molar-refractivity contribution in [3.8, 4) is 0 Å². The van der Waals surface area contributed by atoms with Crippen molar-refractivity contribution in [2.45, 2.75) is 51.1 Å².